The molecule has 0 aliphatic heterocycles. The van der Waals surface area contributed by atoms with E-state index in [9.17, 15) is 0 Å². The van der Waals surface area contributed by atoms with E-state index < -0.39 is 0 Å². The average Bonchev–Trinajstić information content (AvgIpc) is 3.19. The third kappa shape index (κ3) is 5.54. The molecule has 4 aromatic heterocycles. The number of nitrogens with zero attached hydrogens (tertiary/aromatic N) is 4. The van der Waals surface area contributed by atoms with E-state index in [-0.39, 0.29) is 0 Å². The van der Waals surface area contributed by atoms with Crippen molar-refractivity contribution in [2.24, 2.45) is 0 Å². The monoisotopic (exact) mass is 513 g/mol. The Morgan fingerprint density at radius 3 is 2.47 bits per heavy atom. The highest BCUT2D eigenvalue weighted by Crippen LogP contribution is 2.41. The maximum Gasteiger partial charge on any atom is 0.122 e. The molecule has 1 aliphatic rings. The SMILES string of the molecule is CCC.CCc1c(C)c2nc(-c3cccnc3C3CCC3)cc(NCc3cc(OC)ccn3)c2n1C(C)C. The first-order valence-electron chi connectivity index (χ1n) is 14.2. The van der Waals surface area contributed by atoms with Crippen LogP contribution in [0.4, 0.5) is 5.69 Å². The molecular weight excluding hydrogens is 470 g/mol. The van der Waals surface area contributed by atoms with Crippen molar-refractivity contribution in [3.8, 4) is 17.0 Å². The van der Waals surface area contributed by atoms with E-state index in [4.69, 9.17) is 14.7 Å². The van der Waals surface area contributed by atoms with Gasteiger partial charge in [-0.3, -0.25) is 9.97 Å². The Labute approximate surface area is 227 Å². The quantitative estimate of drug-likeness (QED) is 0.257. The topological polar surface area (TPSA) is 64.9 Å². The second kappa shape index (κ2) is 12.4. The van der Waals surface area contributed by atoms with Crippen LogP contribution < -0.4 is 10.1 Å². The summed E-state index contributed by atoms with van der Waals surface area (Å²) in [6.45, 7) is 13.8. The molecule has 1 N–H and O–H groups in total. The van der Waals surface area contributed by atoms with E-state index >= 15 is 0 Å². The van der Waals surface area contributed by atoms with Crippen molar-refractivity contribution in [2.45, 2.75) is 92.2 Å². The Kier molecular flexibility index (Phi) is 9.03. The number of hydrogen-bond donors (Lipinski definition) is 1. The van der Waals surface area contributed by atoms with Gasteiger partial charge >= 0.3 is 0 Å². The van der Waals surface area contributed by atoms with Crippen molar-refractivity contribution in [1.82, 2.24) is 19.5 Å². The Bertz CT molecular complexity index is 1370. The molecule has 4 aromatic rings. The molecule has 202 valence electrons. The van der Waals surface area contributed by atoms with Crippen molar-refractivity contribution in [3.05, 3.63) is 65.4 Å². The van der Waals surface area contributed by atoms with Crippen LogP contribution in [0, 0.1) is 6.92 Å². The molecule has 0 saturated heterocycles. The summed E-state index contributed by atoms with van der Waals surface area (Å²) in [5.41, 5.74) is 10.2. The second-order valence-corrected chi connectivity index (χ2v) is 10.5. The number of pyridine rings is 3. The van der Waals surface area contributed by atoms with Gasteiger partial charge in [-0.05, 0) is 69.9 Å². The zero-order valence-corrected chi connectivity index (χ0v) is 24.1. The Morgan fingerprint density at radius 2 is 1.84 bits per heavy atom. The molecule has 0 atom stereocenters. The summed E-state index contributed by atoms with van der Waals surface area (Å²) < 4.78 is 7.84. The lowest BCUT2D eigenvalue weighted by Crippen LogP contribution is -2.12. The van der Waals surface area contributed by atoms with Crippen LogP contribution in [0.3, 0.4) is 0 Å². The maximum atomic E-state index is 5.40. The van der Waals surface area contributed by atoms with Gasteiger partial charge in [-0.25, -0.2) is 4.98 Å². The van der Waals surface area contributed by atoms with Gasteiger partial charge in [0, 0.05) is 41.7 Å². The fraction of sp³-hybridized carbons (Fsp3) is 0.469. The molecule has 38 heavy (non-hydrogen) atoms. The average molecular weight is 514 g/mol. The van der Waals surface area contributed by atoms with Crippen LogP contribution in [0.2, 0.25) is 0 Å². The largest absolute Gasteiger partial charge is 0.497 e. The van der Waals surface area contributed by atoms with Crippen LogP contribution >= 0.6 is 0 Å². The Morgan fingerprint density at radius 1 is 1.08 bits per heavy atom. The molecule has 0 amide bonds. The molecule has 0 bridgehead atoms. The molecule has 4 heterocycles. The predicted molar refractivity (Wildman–Crippen MR) is 158 cm³/mol. The Hall–Kier alpha value is -3.41. The fourth-order valence-corrected chi connectivity index (χ4v) is 5.28. The fourth-order valence-electron chi connectivity index (χ4n) is 5.28. The van der Waals surface area contributed by atoms with E-state index in [1.54, 1.807) is 13.3 Å². The third-order valence-corrected chi connectivity index (χ3v) is 7.25. The summed E-state index contributed by atoms with van der Waals surface area (Å²) >= 11 is 0. The number of anilines is 1. The van der Waals surface area contributed by atoms with Crippen molar-refractivity contribution in [3.63, 3.8) is 0 Å². The summed E-state index contributed by atoms with van der Waals surface area (Å²) in [6.07, 6.45) is 9.62. The van der Waals surface area contributed by atoms with Gasteiger partial charge in [0.1, 0.15) is 5.75 Å². The molecular formula is C32H43N5O. The molecule has 0 unspecified atom stereocenters. The van der Waals surface area contributed by atoms with E-state index in [2.05, 4.69) is 68.5 Å². The van der Waals surface area contributed by atoms with Gasteiger partial charge in [-0.2, -0.15) is 0 Å². The number of ether oxygens (including phenoxy) is 1. The first kappa shape index (κ1) is 27.6. The lowest BCUT2D eigenvalue weighted by Gasteiger charge is -2.26. The number of nitrogens with one attached hydrogen (secondary N) is 1. The molecule has 0 spiro atoms. The van der Waals surface area contributed by atoms with E-state index in [1.165, 1.54) is 42.6 Å². The Balaban J connectivity index is 0.00000107. The van der Waals surface area contributed by atoms with Crippen molar-refractivity contribution in [1.29, 1.82) is 0 Å². The summed E-state index contributed by atoms with van der Waals surface area (Å²) in [5.74, 6) is 1.35. The normalized spacial score (nSPS) is 13.3. The van der Waals surface area contributed by atoms with Crippen LogP contribution in [0.5, 0.6) is 5.75 Å². The highest BCUT2D eigenvalue weighted by molar-refractivity contribution is 5.95. The molecule has 1 fully saturated rings. The summed E-state index contributed by atoms with van der Waals surface area (Å²) in [5, 5.41) is 3.70. The molecule has 6 nitrogen and oxygen atoms in total. The number of hydrogen-bond acceptors (Lipinski definition) is 5. The standard InChI is InChI=1S/C29H35N5O.C3H8/c1-6-26-19(4)27-29(34(26)18(2)3)25(32-17-21-15-22(35-5)12-14-30-21)16-24(33-27)23-11-8-13-31-28(23)20-9-7-10-20;1-3-2/h8,11-16,18,20H,6-7,9-10,17H2,1-5H3,(H,32,33);3H2,1-2H3. The van der Waals surface area contributed by atoms with Gasteiger partial charge in [-0.15, -0.1) is 0 Å². The van der Waals surface area contributed by atoms with Crippen LogP contribution in [0.15, 0.2) is 42.7 Å². The smallest absolute Gasteiger partial charge is 0.122 e. The third-order valence-electron chi connectivity index (χ3n) is 7.25. The molecule has 0 radical (unpaired) electrons. The van der Waals surface area contributed by atoms with Gasteiger partial charge in [0.2, 0.25) is 0 Å². The number of rotatable bonds is 8. The number of aryl methyl sites for hydroxylation is 1. The van der Waals surface area contributed by atoms with Gasteiger partial charge in [0.25, 0.3) is 0 Å². The first-order chi connectivity index (χ1) is 18.4. The number of aromatic nitrogens is 4. The summed E-state index contributed by atoms with van der Waals surface area (Å²) in [6, 6.07) is 10.6. The number of fused-ring (bicyclic) bond motifs is 1. The molecule has 5 rings (SSSR count). The highest BCUT2D eigenvalue weighted by atomic mass is 16.5. The van der Waals surface area contributed by atoms with Crippen molar-refractivity contribution >= 4 is 16.7 Å². The van der Waals surface area contributed by atoms with Gasteiger partial charge in [0.05, 0.1) is 47.5 Å². The molecule has 0 aromatic carbocycles. The van der Waals surface area contributed by atoms with Crippen LogP contribution in [-0.4, -0.2) is 26.6 Å². The van der Waals surface area contributed by atoms with Gasteiger partial charge in [0.15, 0.2) is 0 Å². The second-order valence-electron chi connectivity index (χ2n) is 10.5. The highest BCUT2D eigenvalue weighted by Gasteiger charge is 2.26. The van der Waals surface area contributed by atoms with Crippen LogP contribution in [0.1, 0.15) is 94.9 Å². The van der Waals surface area contributed by atoms with Crippen LogP contribution in [-0.2, 0) is 13.0 Å². The van der Waals surface area contributed by atoms with Crippen molar-refractivity contribution in [2.75, 3.05) is 12.4 Å². The van der Waals surface area contributed by atoms with Crippen molar-refractivity contribution < 1.29 is 4.74 Å². The molecule has 1 aliphatic carbocycles. The lowest BCUT2D eigenvalue weighted by atomic mass is 9.80. The first-order valence-corrected chi connectivity index (χ1v) is 14.2. The van der Waals surface area contributed by atoms with E-state index in [1.807, 2.05) is 24.4 Å². The van der Waals surface area contributed by atoms with Crippen LogP contribution in [0.25, 0.3) is 22.3 Å². The minimum Gasteiger partial charge on any atom is -0.497 e. The van der Waals surface area contributed by atoms with Gasteiger partial charge < -0.3 is 14.6 Å². The molecule has 1 saturated carbocycles. The molecule has 6 heteroatoms. The number of methoxy groups -OCH3 is 1. The zero-order chi connectivity index (χ0) is 27.2. The summed E-state index contributed by atoms with van der Waals surface area (Å²) in [4.78, 5) is 14.6. The summed E-state index contributed by atoms with van der Waals surface area (Å²) in [7, 11) is 1.68. The minimum absolute atomic E-state index is 0.327. The predicted octanol–water partition coefficient (Wildman–Crippen LogP) is 8.25. The van der Waals surface area contributed by atoms with E-state index in [0.29, 0.717) is 18.5 Å². The minimum atomic E-state index is 0.327. The zero-order valence-electron chi connectivity index (χ0n) is 24.1. The maximum absolute atomic E-state index is 5.40. The lowest BCUT2D eigenvalue weighted by molar-refractivity contribution is 0.412. The van der Waals surface area contributed by atoms with E-state index in [0.717, 1.165) is 45.8 Å². The van der Waals surface area contributed by atoms with Gasteiger partial charge in [-0.1, -0.05) is 33.6 Å².